The summed E-state index contributed by atoms with van der Waals surface area (Å²) in [5.41, 5.74) is 0. The van der Waals surface area contributed by atoms with E-state index >= 15 is 0 Å². The lowest BCUT2D eigenvalue weighted by atomic mass is 10.0. The molecule has 0 radical (unpaired) electrons. The summed E-state index contributed by atoms with van der Waals surface area (Å²) in [5, 5.41) is 0. The van der Waals surface area contributed by atoms with Crippen molar-refractivity contribution in [2.75, 3.05) is 26.7 Å². The summed E-state index contributed by atoms with van der Waals surface area (Å²) >= 11 is 0. The smallest absolute Gasteiger partial charge is 0.463 e. The topological polar surface area (TPSA) is 65.1 Å². The van der Waals surface area contributed by atoms with Crippen LogP contribution >= 0.6 is 0 Å². The highest BCUT2D eigenvalue weighted by atomic mass is 16.7. The van der Waals surface area contributed by atoms with Crippen LogP contribution in [0, 0.1) is 0 Å². The van der Waals surface area contributed by atoms with E-state index in [1.54, 1.807) is 0 Å². The first-order valence-electron chi connectivity index (χ1n) is 15.1. The van der Waals surface area contributed by atoms with E-state index in [2.05, 4.69) is 18.7 Å². The highest BCUT2D eigenvalue weighted by Gasteiger charge is 2.18. The van der Waals surface area contributed by atoms with Gasteiger partial charge in [0, 0.05) is 13.0 Å². The standard InChI is InChI=1S/C30H59NO5/c1-6-8-9-10-11-12-13-14-15-16-17-18-19-20-22-28(23-24-29(32)35-27(3)4)36-30(33)34-26-21-25-31(5)7-2/h27-28H,6-26H2,1-5H3. The van der Waals surface area contributed by atoms with Crippen molar-refractivity contribution in [2.24, 2.45) is 0 Å². The van der Waals surface area contributed by atoms with Gasteiger partial charge in [-0.1, -0.05) is 97.3 Å². The fourth-order valence-electron chi connectivity index (χ4n) is 4.25. The van der Waals surface area contributed by atoms with Gasteiger partial charge in [-0.25, -0.2) is 4.79 Å². The Kier molecular flexibility index (Phi) is 24.4. The van der Waals surface area contributed by atoms with Crippen LogP contribution in [0.2, 0.25) is 0 Å². The molecule has 0 saturated heterocycles. The quantitative estimate of drug-likeness (QED) is 0.0901. The fourth-order valence-corrected chi connectivity index (χ4v) is 4.25. The predicted octanol–water partition coefficient (Wildman–Crippen LogP) is 8.45. The van der Waals surface area contributed by atoms with Crippen molar-refractivity contribution in [1.82, 2.24) is 4.90 Å². The van der Waals surface area contributed by atoms with E-state index in [0.717, 1.165) is 38.8 Å². The number of hydrogen-bond acceptors (Lipinski definition) is 6. The first-order valence-corrected chi connectivity index (χ1v) is 15.1. The summed E-state index contributed by atoms with van der Waals surface area (Å²) in [7, 11) is 2.04. The average molecular weight is 514 g/mol. The zero-order chi connectivity index (χ0) is 26.9. The minimum atomic E-state index is -0.623. The number of nitrogens with zero attached hydrogens (tertiary/aromatic N) is 1. The summed E-state index contributed by atoms with van der Waals surface area (Å²) < 4.78 is 16.1. The van der Waals surface area contributed by atoms with Crippen molar-refractivity contribution >= 4 is 12.1 Å². The van der Waals surface area contributed by atoms with Gasteiger partial charge in [-0.2, -0.15) is 0 Å². The van der Waals surface area contributed by atoms with E-state index in [9.17, 15) is 9.59 Å². The Labute approximate surface area is 223 Å². The number of carbonyl (C=O) groups is 2. The number of hydrogen-bond donors (Lipinski definition) is 0. The molecule has 36 heavy (non-hydrogen) atoms. The van der Waals surface area contributed by atoms with E-state index in [0.29, 0.717) is 13.0 Å². The summed E-state index contributed by atoms with van der Waals surface area (Å²) in [6, 6.07) is 0. The number of rotatable bonds is 25. The molecule has 0 N–H and O–H groups in total. The molecule has 1 atom stereocenters. The monoisotopic (exact) mass is 513 g/mol. The van der Waals surface area contributed by atoms with Crippen LogP contribution < -0.4 is 0 Å². The van der Waals surface area contributed by atoms with Gasteiger partial charge in [0.25, 0.3) is 0 Å². The lowest BCUT2D eigenvalue weighted by Gasteiger charge is -2.18. The van der Waals surface area contributed by atoms with Crippen molar-refractivity contribution in [3.8, 4) is 0 Å². The Bertz CT molecular complexity index is 512. The van der Waals surface area contributed by atoms with Gasteiger partial charge in [0.1, 0.15) is 6.10 Å². The number of esters is 1. The van der Waals surface area contributed by atoms with Crippen molar-refractivity contribution in [1.29, 1.82) is 0 Å². The van der Waals surface area contributed by atoms with Crippen LogP contribution in [-0.2, 0) is 19.0 Å². The molecule has 0 aromatic heterocycles. The van der Waals surface area contributed by atoms with E-state index in [4.69, 9.17) is 14.2 Å². The molecule has 6 heteroatoms. The maximum Gasteiger partial charge on any atom is 0.508 e. The second-order valence-electron chi connectivity index (χ2n) is 10.5. The van der Waals surface area contributed by atoms with Crippen LogP contribution in [0.5, 0.6) is 0 Å². The minimum absolute atomic E-state index is 0.131. The van der Waals surface area contributed by atoms with Crippen LogP contribution in [0.15, 0.2) is 0 Å². The molecule has 0 aromatic carbocycles. The highest BCUT2D eigenvalue weighted by molar-refractivity contribution is 5.69. The number of carbonyl (C=O) groups excluding carboxylic acids is 2. The number of unbranched alkanes of at least 4 members (excludes halogenated alkanes) is 13. The SMILES string of the molecule is CCCCCCCCCCCCCCCCC(CCC(=O)OC(C)C)OC(=O)OCCCN(C)CC. The fraction of sp³-hybridized carbons (Fsp3) is 0.933. The Hall–Kier alpha value is -1.30. The molecule has 214 valence electrons. The van der Waals surface area contributed by atoms with Gasteiger partial charge in [0.15, 0.2) is 0 Å². The molecule has 0 amide bonds. The van der Waals surface area contributed by atoms with Gasteiger partial charge in [0.2, 0.25) is 0 Å². The molecule has 0 aliphatic rings. The molecule has 0 heterocycles. The van der Waals surface area contributed by atoms with E-state index in [1.807, 2.05) is 20.9 Å². The second-order valence-corrected chi connectivity index (χ2v) is 10.5. The second kappa shape index (κ2) is 25.4. The average Bonchev–Trinajstić information content (AvgIpc) is 2.84. The van der Waals surface area contributed by atoms with Crippen LogP contribution in [0.4, 0.5) is 4.79 Å². The van der Waals surface area contributed by atoms with Gasteiger partial charge in [-0.05, 0) is 53.1 Å². The zero-order valence-electron chi connectivity index (χ0n) is 24.5. The van der Waals surface area contributed by atoms with Crippen LogP contribution in [0.3, 0.4) is 0 Å². The van der Waals surface area contributed by atoms with Crippen LogP contribution in [0.25, 0.3) is 0 Å². The molecule has 0 rings (SSSR count). The van der Waals surface area contributed by atoms with Crippen LogP contribution in [0.1, 0.15) is 143 Å². The third-order valence-corrected chi connectivity index (χ3v) is 6.62. The third kappa shape index (κ3) is 24.4. The molecule has 0 aliphatic heterocycles. The zero-order valence-corrected chi connectivity index (χ0v) is 24.5. The maximum atomic E-state index is 12.2. The van der Waals surface area contributed by atoms with Gasteiger partial charge >= 0.3 is 12.1 Å². The molecular weight excluding hydrogens is 454 g/mol. The Morgan fingerprint density at radius 3 is 1.72 bits per heavy atom. The lowest BCUT2D eigenvalue weighted by molar-refractivity contribution is -0.148. The van der Waals surface area contributed by atoms with Crippen molar-refractivity contribution in [3.05, 3.63) is 0 Å². The molecule has 0 fully saturated rings. The van der Waals surface area contributed by atoms with E-state index in [1.165, 1.54) is 77.0 Å². The predicted molar refractivity (Wildman–Crippen MR) is 149 cm³/mol. The molecule has 6 nitrogen and oxygen atoms in total. The van der Waals surface area contributed by atoms with E-state index < -0.39 is 6.16 Å². The molecule has 0 saturated carbocycles. The Morgan fingerprint density at radius 1 is 0.694 bits per heavy atom. The first kappa shape index (κ1) is 34.7. The van der Waals surface area contributed by atoms with Gasteiger partial charge < -0.3 is 19.1 Å². The van der Waals surface area contributed by atoms with Gasteiger partial charge in [-0.15, -0.1) is 0 Å². The van der Waals surface area contributed by atoms with E-state index in [-0.39, 0.29) is 24.6 Å². The molecule has 1 unspecified atom stereocenters. The summed E-state index contributed by atoms with van der Waals surface area (Å²) in [6.07, 6.45) is 19.6. The molecule has 0 bridgehead atoms. The molecule has 0 spiro atoms. The first-order chi connectivity index (χ1) is 17.4. The summed E-state index contributed by atoms with van der Waals surface area (Å²) in [5.74, 6) is -0.240. The third-order valence-electron chi connectivity index (χ3n) is 6.62. The lowest BCUT2D eigenvalue weighted by Crippen LogP contribution is -2.23. The summed E-state index contributed by atoms with van der Waals surface area (Å²) in [4.78, 5) is 26.3. The Balaban J connectivity index is 4.03. The molecule has 0 aliphatic carbocycles. The van der Waals surface area contributed by atoms with Gasteiger partial charge in [0.05, 0.1) is 12.7 Å². The normalized spacial score (nSPS) is 12.2. The number of ether oxygens (including phenoxy) is 3. The largest absolute Gasteiger partial charge is 0.508 e. The van der Waals surface area contributed by atoms with Crippen molar-refractivity contribution in [2.45, 2.75) is 155 Å². The molecule has 0 aromatic rings. The van der Waals surface area contributed by atoms with Crippen molar-refractivity contribution < 1.29 is 23.8 Å². The van der Waals surface area contributed by atoms with Crippen LogP contribution in [-0.4, -0.2) is 56.0 Å². The van der Waals surface area contributed by atoms with Gasteiger partial charge in [-0.3, -0.25) is 4.79 Å². The van der Waals surface area contributed by atoms with Crippen molar-refractivity contribution in [3.63, 3.8) is 0 Å². The Morgan fingerprint density at radius 2 is 1.22 bits per heavy atom. The highest BCUT2D eigenvalue weighted by Crippen LogP contribution is 2.17. The minimum Gasteiger partial charge on any atom is -0.463 e. The maximum absolute atomic E-state index is 12.2. The molecular formula is C30H59NO5. The summed E-state index contributed by atoms with van der Waals surface area (Å²) in [6.45, 7) is 10.3.